The van der Waals surface area contributed by atoms with Gasteiger partial charge in [0, 0.05) is 5.02 Å². The first-order chi connectivity index (χ1) is 8.13. The molecule has 1 aromatic rings. The number of rotatable bonds is 5. The van der Waals surface area contributed by atoms with Crippen LogP contribution in [0.25, 0.3) is 0 Å². The summed E-state index contributed by atoms with van der Waals surface area (Å²) in [5, 5.41) is 11.2. The van der Waals surface area contributed by atoms with Gasteiger partial charge in [-0.3, -0.25) is 20.4 Å². The number of hydrogen-bond acceptors (Lipinski definition) is 5. The second-order valence-electron chi connectivity index (χ2n) is 2.88. The molecule has 0 radical (unpaired) electrons. The van der Waals surface area contributed by atoms with Crippen LogP contribution in [0.5, 0.6) is 0 Å². The van der Waals surface area contributed by atoms with Crippen LogP contribution in [0.15, 0.2) is 41.2 Å². The number of allylic oxidation sites excluding steroid dienone is 1. The minimum atomic E-state index is -0.578. The number of benzene rings is 1. The van der Waals surface area contributed by atoms with Gasteiger partial charge in [-0.15, -0.1) is 0 Å². The highest BCUT2D eigenvalue weighted by Crippen LogP contribution is 2.15. The number of nitrogens with one attached hydrogen (secondary N) is 1. The molecule has 0 atom stereocenters. The fourth-order valence-corrected chi connectivity index (χ4v) is 1.05. The summed E-state index contributed by atoms with van der Waals surface area (Å²) in [5.41, 5.74) is 2.61. The monoisotopic (exact) mass is 255 g/mol. The maximum atomic E-state index is 10.6. The van der Waals surface area contributed by atoms with E-state index >= 15 is 0 Å². The molecule has 7 heteroatoms. The first-order valence-electron chi connectivity index (χ1n) is 4.56. The van der Waals surface area contributed by atoms with Gasteiger partial charge in [0.25, 0.3) is 0 Å². The van der Waals surface area contributed by atoms with E-state index in [0.717, 1.165) is 12.4 Å². The molecule has 0 aromatic heterocycles. The van der Waals surface area contributed by atoms with Gasteiger partial charge in [0.05, 0.1) is 17.7 Å². The summed E-state index contributed by atoms with van der Waals surface area (Å²) in [6, 6.07) is 6.61. The molecule has 0 saturated heterocycles. The van der Waals surface area contributed by atoms with Gasteiger partial charge in [0.15, 0.2) is 0 Å². The summed E-state index contributed by atoms with van der Waals surface area (Å²) in [6.45, 7) is 0. The average molecular weight is 256 g/mol. The topological polar surface area (TPSA) is 76.8 Å². The Balaban J connectivity index is 2.79. The normalized spacial score (nSPS) is 11.8. The molecular weight excluding hydrogens is 246 g/mol. The molecule has 0 aliphatic heterocycles. The van der Waals surface area contributed by atoms with Crippen LogP contribution in [0, 0.1) is 10.1 Å². The lowest BCUT2D eigenvalue weighted by Crippen LogP contribution is -2.08. The molecule has 0 spiro atoms. The summed E-state index contributed by atoms with van der Waals surface area (Å²) < 4.78 is 0. The summed E-state index contributed by atoms with van der Waals surface area (Å²) in [7, 11) is 1.35. The van der Waals surface area contributed by atoms with Gasteiger partial charge in [-0.05, 0) is 24.3 Å². The van der Waals surface area contributed by atoms with Crippen molar-refractivity contribution in [2.45, 2.75) is 0 Å². The highest BCUT2D eigenvalue weighted by Gasteiger charge is 2.06. The van der Waals surface area contributed by atoms with Crippen molar-refractivity contribution in [3.63, 3.8) is 0 Å². The number of hydrogen-bond donors (Lipinski definition) is 1. The quantitative estimate of drug-likeness (QED) is 0.498. The van der Waals surface area contributed by atoms with Crippen molar-refractivity contribution in [3.8, 4) is 0 Å². The number of nitro groups is 1. The van der Waals surface area contributed by atoms with E-state index in [1.165, 1.54) is 7.11 Å². The molecule has 90 valence electrons. The number of nitrogens with zero attached hydrogens (tertiary/aromatic N) is 2. The van der Waals surface area contributed by atoms with E-state index in [2.05, 4.69) is 15.3 Å². The third-order valence-corrected chi connectivity index (χ3v) is 1.96. The lowest BCUT2D eigenvalue weighted by atomic mass is 10.3. The van der Waals surface area contributed by atoms with Crippen LogP contribution in [0.3, 0.4) is 0 Å². The zero-order chi connectivity index (χ0) is 12.7. The highest BCUT2D eigenvalue weighted by atomic mass is 35.5. The van der Waals surface area contributed by atoms with Gasteiger partial charge >= 0.3 is 5.70 Å². The zero-order valence-corrected chi connectivity index (χ0v) is 9.72. The first kappa shape index (κ1) is 13.1. The van der Waals surface area contributed by atoms with Crippen molar-refractivity contribution in [2.24, 2.45) is 4.99 Å². The third-order valence-electron chi connectivity index (χ3n) is 1.71. The molecule has 1 rings (SSSR count). The van der Waals surface area contributed by atoms with E-state index in [4.69, 9.17) is 11.6 Å². The standard InChI is InChI=1S/C10H10ClN3O3/c1-17-13-7-10(14(15)16)6-12-9-4-2-8(11)3-5-9/h2-7,13H,1H3. The Morgan fingerprint density at radius 1 is 1.53 bits per heavy atom. The van der Waals surface area contributed by atoms with Crippen LogP contribution in [0.4, 0.5) is 5.69 Å². The molecule has 0 aliphatic carbocycles. The molecule has 0 heterocycles. The molecule has 0 saturated carbocycles. The molecule has 0 aliphatic rings. The van der Waals surface area contributed by atoms with Crippen molar-refractivity contribution < 1.29 is 9.76 Å². The lowest BCUT2D eigenvalue weighted by molar-refractivity contribution is -0.415. The van der Waals surface area contributed by atoms with E-state index in [1.807, 2.05) is 0 Å². The molecule has 0 amide bonds. The Kier molecular flexibility index (Phi) is 5.12. The van der Waals surface area contributed by atoms with E-state index in [9.17, 15) is 10.1 Å². The van der Waals surface area contributed by atoms with E-state index in [0.29, 0.717) is 10.7 Å². The van der Waals surface area contributed by atoms with Crippen LogP contribution >= 0.6 is 11.6 Å². The SMILES string of the molecule is CONC=C(C=Nc1ccc(Cl)cc1)[N+](=O)[O-]. The number of hydroxylamine groups is 1. The minimum Gasteiger partial charge on any atom is -0.280 e. The molecule has 0 bridgehead atoms. The van der Waals surface area contributed by atoms with Gasteiger partial charge in [0.1, 0.15) is 12.4 Å². The Labute approximate surface area is 103 Å². The summed E-state index contributed by atoms with van der Waals surface area (Å²) in [6.07, 6.45) is 2.22. The van der Waals surface area contributed by atoms with Crippen molar-refractivity contribution >= 4 is 23.5 Å². The Hall–Kier alpha value is -1.92. The molecule has 6 nitrogen and oxygen atoms in total. The second-order valence-corrected chi connectivity index (χ2v) is 3.32. The lowest BCUT2D eigenvalue weighted by Gasteiger charge is -1.95. The van der Waals surface area contributed by atoms with Crippen molar-refractivity contribution in [1.82, 2.24) is 5.48 Å². The maximum absolute atomic E-state index is 10.6. The third kappa shape index (κ3) is 4.62. The molecule has 1 aromatic carbocycles. The highest BCUT2D eigenvalue weighted by molar-refractivity contribution is 6.30. The van der Waals surface area contributed by atoms with E-state index < -0.39 is 4.92 Å². The average Bonchev–Trinajstić information content (AvgIpc) is 2.31. The van der Waals surface area contributed by atoms with E-state index in [1.54, 1.807) is 24.3 Å². The van der Waals surface area contributed by atoms with Gasteiger partial charge < -0.3 is 0 Å². The van der Waals surface area contributed by atoms with Crippen LogP contribution in [0.1, 0.15) is 0 Å². The zero-order valence-electron chi connectivity index (χ0n) is 8.96. The van der Waals surface area contributed by atoms with Gasteiger partial charge in [-0.2, -0.15) is 0 Å². The van der Waals surface area contributed by atoms with E-state index in [-0.39, 0.29) is 5.70 Å². The fraction of sp³-hybridized carbons (Fsp3) is 0.100. The van der Waals surface area contributed by atoms with Crippen molar-refractivity contribution in [2.75, 3.05) is 7.11 Å². The largest absolute Gasteiger partial charge is 0.305 e. The van der Waals surface area contributed by atoms with Crippen molar-refractivity contribution in [1.29, 1.82) is 0 Å². The van der Waals surface area contributed by atoms with Crippen LogP contribution in [0.2, 0.25) is 5.02 Å². The number of aliphatic imine (C=N–C) groups is 1. The predicted octanol–water partition coefficient (Wildman–Crippen LogP) is 2.31. The van der Waals surface area contributed by atoms with Crippen LogP contribution < -0.4 is 5.48 Å². The van der Waals surface area contributed by atoms with Crippen molar-refractivity contribution in [3.05, 3.63) is 51.3 Å². The maximum Gasteiger partial charge on any atom is 0.305 e. The smallest absolute Gasteiger partial charge is 0.280 e. The summed E-state index contributed by atoms with van der Waals surface area (Å²) in [5.74, 6) is 0. The summed E-state index contributed by atoms with van der Waals surface area (Å²) >= 11 is 5.70. The van der Waals surface area contributed by atoms with Crippen LogP contribution in [-0.2, 0) is 4.84 Å². The molecule has 17 heavy (non-hydrogen) atoms. The Morgan fingerprint density at radius 3 is 2.71 bits per heavy atom. The minimum absolute atomic E-state index is 0.221. The van der Waals surface area contributed by atoms with Gasteiger partial charge in [-0.1, -0.05) is 11.6 Å². The Morgan fingerprint density at radius 2 is 2.18 bits per heavy atom. The fourth-order valence-electron chi connectivity index (χ4n) is 0.924. The molecular formula is C10H10ClN3O3. The summed E-state index contributed by atoms with van der Waals surface area (Å²) in [4.78, 5) is 18.4. The Bertz CT molecular complexity index is 443. The molecule has 1 N–H and O–H groups in total. The molecule has 0 unspecified atom stereocenters. The van der Waals surface area contributed by atoms with Gasteiger partial charge in [0.2, 0.25) is 0 Å². The first-order valence-corrected chi connectivity index (χ1v) is 4.94. The van der Waals surface area contributed by atoms with Gasteiger partial charge in [-0.25, -0.2) is 4.99 Å². The predicted molar refractivity (Wildman–Crippen MR) is 64.8 cm³/mol. The molecule has 0 fully saturated rings. The van der Waals surface area contributed by atoms with Crippen LogP contribution in [-0.4, -0.2) is 18.2 Å². The second kappa shape index (κ2) is 6.62. The number of halogens is 1.